The molecule has 2 aromatic rings. The van der Waals surface area contributed by atoms with E-state index in [4.69, 9.17) is 0 Å². The maximum absolute atomic E-state index is 12.1. The number of ether oxygens (including phenoxy) is 1. The van der Waals surface area contributed by atoms with E-state index >= 15 is 0 Å². The molecule has 4 nitrogen and oxygen atoms in total. The van der Waals surface area contributed by atoms with Crippen LogP contribution >= 0.6 is 15.9 Å². The fourth-order valence-corrected chi connectivity index (χ4v) is 2.89. The van der Waals surface area contributed by atoms with Crippen LogP contribution < -0.4 is 10.1 Å². The molecular weight excluding hydrogens is 394 g/mol. The first-order valence-electron chi connectivity index (χ1n) is 7.62. The Morgan fingerprint density at radius 1 is 1.24 bits per heavy atom. The van der Waals surface area contributed by atoms with Crippen molar-refractivity contribution in [2.75, 3.05) is 18.9 Å². The quantitative estimate of drug-likeness (QED) is 0.731. The van der Waals surface area contributed by atoms with Gasteiger partial charge in [0.2, 0.25) is 5.91 Å². The van der Waals surface area contributed by atoms with Gasteiger partial charge in [-0.05, 0) is 65.3 Å². The van der Waals surface area contributed by atoms with Gasteiger partial charge in [-0.1, -0.05) is 18.2 Å². The minimum absolute atomic E-state index is 0.114. The van der Waals surface area contributed by atoms with E-state index in [0.717, 1.165) is 21.3 Å². The highest BCUT2D eigenvalue weighted by Gasteiger charge is 2.10. The molecule has 0 fully saturated rings. The van der Waals surface area contributed by atoms with Gasteiger partial charge in [0.05, 0.1) is 12.2 Å². The van der Waals surface area contributed by atoms with E-state index in [1.807, 2.05) is 37.1 Å². The Bertz CT molecular complexity index is 724. The van der Waals surface area contributed by atoms with Crippen molar-refractivity contribution in [2.24, 2.45) is 0 Å². The number of halogens is 3. The summed E-state index contributed by atoms with van der Waals surface area (Å²) in [4.78, 5) is 14.0. The van der Waals surface area contributed by atoms with Crippen LogP contribution in [-0.4, -0.2) is 31.0 Å². The SMILES string of the molecule is Cc1ccc(NC(=O)CN(C)Cc2ccc(OC(F)F)cc2)c(Br)c1. The Balaban J connectivity index is 1.86. The fourth-order valence-electron chi connectivity index (χ4n) is 2.30. The number of carbonyl (C=O) groups excluding carboxylic acids is 1. The van der Waals surface area contributed by atoms with Crippen LogP contribution in [0.1, 0.15) is 11.1 Å². The molecule has 0 radical (unpaired) electrons. The van der Waals surface area contributed by atoms with E-state index in [0.29, 0.717) is 6.54 Å². The molecule has 134 valence electrons. The first-order chi connectivity index (χ1) is 11.8. The van der Waals surface area contributed by atoms with E-state index in [2.05, 4.69) is 26.0 Å². The molecule has 2 rings (SSSR count). The molecule has 0 aliphatic carbocycles. The summed E-state index contributed by atoms with van der Waals surface area (Å²) in [7, 11) is 1.81. The lowest BCUT2D eigenvalue weighted by molar-refractivity contribution is -0.117. The van der Waals surface area contributed by atoms with Crippen molar-refractivity contribution in [2.45, 2.75) is 20.1 Å². The first-order valence-corrected chi connectivity index (χ1v) is 8.41. The molecule has 2 aromatic carbocycles. The summed E-state index contributed by atoms with van der Waals surface area (Å²) < 4.78 is 29.4. The third-order valence-electron chi connectivity index (χ3n) is 3.41. The van der Waals surface area contributed by atoms with E-state index < -0.39 is 6.61 Å². The van der Waals surface area contributed by atoms with E-state index in [1.54, 1.807) is 12.1 Å². The Morgan fingerprint density at radius 3 is 2.52 bits per heavy atom. The van der Waals surface area contributed by atoms with Crippen LogP contribution in [0.3, 0.4) is 0 Å². The van der Waals surface area contributed by atoms with Gasteiger partial charge in [-0.3, -0.25) is 9.69 Å². The van der Waals surface area contributed by atoms with Crippen LogP contribution in [0.4, 0.5) is 14.5 Å². The van der Waals surface area contributed by atoms with Gasteiger partial charge >= 0.3 is 6.61 Å². The number of alkyl halides is 2. The topological polar surface area (TPSA) is 41.6 Å². The largest absolute Gasteiger partial charge is 0.435 e. The predicted molar refractivity (Wildman–Crippen MR) is 96.9 cm³/mol. The van der Waals surface area contributed by atoms with Gasteiger partial charge in [-0.25, -0.2) is 0 Å². The monoisotopic (exact) mass is 412 g/mol. The second-order valence-corrected chi connectivity index (χ2v) is 6.58. The average molecular weight is 413 g/mol. The molecule has 0 heterocycles. The molecule has 7 heteroatoms. The molecule has 0 unspecified atom stereocenters. The number of nitrogens with zero attached hydrogens (tertiary/aromatic N) is 1. The van der Waals surface area contributed by atoms with Crippen LogP contribution in [0.2, 0.25) is 0 Å². The molecule has 0 aliphatic rings. The molecule has 0 saturated carbocycles. The normalized spacial score (nSPS) is 11.0. The van der Waals surface area contributed by atoms with Gasteiger partial charge in [0, 0.05) is 11.0 Å². The Hall–Kier alpha value is -1.99. The molecule has 1 amide bonds. The van der Waals surface area contributed by atoms with Gasteiger partial charge in [-0.15, -0.1) is 0 Å². The van der Waals surface area contributed by atoms with E-state index in [-0.39, 0.29) is 18.2 Å². The van der Waals surface area contributed by atoms with Crippen molar-refractivity contribution in [1.82, 2.24) is 4.90 Å². The average Bonchev–Trinajstić information content (AvgIpc) is 2.51. The van der Waals surface area contributed by atoms with Crippen LogP contribution in [0.5, 0.6) is 5.75 Å². The first kappa shape index (κ1) is 19.3. The van der Waals surface area contributed by atoms with Crippen molar-refractivity contribution in [3.05, 3.63) is 58.1 Å². The lowest BCUT2D eigenvalue weighted by Gasteiger charge is -2.17. The smallest absolute Gasteiger partial charge is 0.387 e. The van der Waals surface area contributed by atoms with Crippen molar-refractivity contribution in [3.8, 4) is 5.75 Å². The summed E-state index contributed by atoms with van der Waals surface area (Å²) in [5.41, 5.74) is 2.71. The van der Waals surface area contributed by atoms with Crippen molar-refractivity contribution in [3.63, 3.8) is 0 Å². The highest BCUT2D eigenvalue weighted by atomic mass is 79.9. The number of aryl methyl sites for hydroxylation is 1. The molecule has 0 bridgehead atoms. The Labute approximate surface area is 153 Å². The summed E-state index contributed by atoms with van der Waals surface area (Å²) >= 11 is 3.43. The molecule has 25 heavy (non-hydrogen) atoms. The number of benzene rings is 2. The molecule has 0 saturated heterocycles. The zero-order valence-electron chi connectivity index (χ0n) is 13.9. The molecular formula is C18H19BrF2N2O2. The highest BCUT2D eigenvalue weighted by Crippen LogP contribution is 2.23. The number of hydrogen-bond donors (Lipinski definition) is 1. The second kappa shape index (κ2) is 8.92. The lowest BCUT2D eigenvalue weighted by Crippen LogP contribution is -2.29. The Kier molecular flexibility index (Phi) is 6.90. The summed E-state index contributed by atoms with van der Waals surface area (Å²) in [6.07, 6.45) is 0. The summed E-state index contributed by atoms with van der Waals surface area (Å²) in [5.74, 6) is -0.0203. The number of nitrogens with one attached hydrogen (secondary N) is 1. The third kappa shape index (κ3) is 6.43. The third-order valence-corrected chi connectivity index (χ3v) is 4.07. The van der Waals surface area contributed by atoms with Crippen LogP contribution in [0.15, 0.2) is 46.9 Å². The van der Waals surface area contributed by atoms with Gasteiger partial charge in [-0.2, -0.15) is 8.78 Å². The van der Waals surface area contributed by atoms with E-state index in [9.17, 15) is 13.6 Å². The fraction of sp³-hybridized carbons (Fsp3) is 0.278. The Morgan fingerprint density at radius 2 is 1.92 bits per heavy atom. The maximum Gasteiger partial charge on any atom is 0.387 e. The zero-order valence-corrected chi connectivity index (χ0v) is 15.5. The predicted octanol–water partition coefficient (Wildman–Crippen LogP) is 4.43. The number of carbonyl (C=O) groups is 1. The molecule has 0 aliphatic heterocycles. The number of hydrogen-bond acceptors (Lipinski definition) is 3. The van der Waals surface area contributed by atoms with Crippen molar-refractivity contribution in [1.29, 1.82) is 0 Å². The van der Waals surface area contributed by atoms with Crippen molar-refractivity contribution < 1.29 is 18.3 Å². The van der Waals surface area contributed by atoms with Crippen molar-refractivity contribution >= 4 is 27.5 Å². The highest BCUT2D eigenvalue weighted by molar-refractivity contribution is 9.10. The lowest BCUT2D eigenvalue weighted by atomic mass is 10.2. The molecule has 0 aromatic heterocycles. The minimum Gasteiger partial charge on any atom is -0.435 e. The van der Waals surface area contributed by atoms with Crippen LogP contribution in [0, 0.1) is 6.92 Å². The van der Waals surface area contributed by atoms with Crippen LogP contribution in [-0.2, 0) is 11.3 Å². The second-order valence-electron chi connectivity index (χ2n) is 5.73. The summed E-state index contributed by atoms with van der Waals surface area (Å²) in [6, 6.07) is 12.1. The molecule has 1 N–H and O–H groups in total. The van der Waals surface area contributed by atoms with Gasteiger partial charge < -0.3 is 10.1 Å². The summed E-state index contributed by atoms with van der Waals surface area (Å²) in [5, 5.41) is 2.85. The minimum atomic E-state index is -2.83. The summed E-state index contributed by atoms with van der Waals surface area (Å²) in [6.45, 7) is -0.146. The number of anilines is 1. The van der Waals surface area contributed by atoms with Gasteiger partial charge in [0.25, 0.3) is 0 Å². The van der Waals surface area contributed by atoms with E-state index in [1.165, 1.54) is 12.1 Å². The molecule has 0 atom stereocenters. The maximum atomic E-state index is 12.1. The van der Waals surface area contributed by atoms with Gasteiger partial charge in [0.1, 0.15) is 5.75 Å². The zero-order chi connectivity index (χ0) is 18.4. The van der Waals surface area contributed by atoms with Gasteiger partial charge in [0.15, 0.2) is 0 Å². The number of rotatable bonds is 7. The van der Waals surface area contributed by atoms with Crippen LogP contribution in [0.25, 0.3) is 0 Å². The molecule has 0 spiro atoms. The number of likely N-dealkylation sites (N-methyl/N-ethyl adjacent to an activating group) is 1. The standard InChI is InChI=1S/C18H19BrF2N2O2/c1-12-3-8-16(15(19)9-12)22-17(24)11-23(2)10-13-4-6-14(7-5-13)25-18(20)21/h3-9,18H,10-11H2,1-2H3,(H,22,24). The number of amides is 1.